The molecule has 0 fully saturated rings. The number of carbonyl (C=O) groups is 2. The Morgan fingerprint density at radius 3 is 1.50 bits per heavy atom. The molecule has 0 rings (SSSR count). The summed E-state index contributed by atoms with van der Waals surface area (Å²) in [4.78, 5) is 23.0. The van der Waals surface area contributed by atoms with Crippen LogP contribution in [0.2, 0.25) is 0 Å². The summed E-state index contributed by atoms with van der Waals surface area (Å²) in [6.07, 6.45) is 13.7. The van der Waals surface area contributed by atoms with Gasteiger partial charge >= 0.3 is 5.97 Å². The molecule has 0 saturated carbocycles. The number of nitrogens with zero attached hydrogens (tertiary/aromatic N) is 1. The third-order valence-electron chi connectivity index (χ3n) is 3.30. The Morgan fingerprint density at radius 2 is 1.15 bits per heavy atom. The molecule has 6 N–H and O–H groups in total. The van der Waals surface area contributed by atoms with Crippen molar-refractivity contribution in [1.82, 2.24) is 0 Å². The van der Waals surface area contributed by atoms with Crippen LogP contribution in [0.4, 0.5) is 0 Å². The molecule has 0 atom stereocenters. The largest absolute Gasteiger partial charge is 0.481 e. The first-order chi connectivity index (χ1) is 12.3. The van der Waals surface area contributed by atoms with E-state index >= 15 is 0 Å². The van der Waals surface area contributed by atoms with Crippen LogP contribution >= 0.6 is 0 Å². The van der Waals surface area contributed by atoms with Crippen LogP contribution in [0.25, 0.3) is 0 Å². The lowest BCUT2D eigenvalue weighted by atomic mass is 10.1. The van der Waals surface area contributed by atoms with Gasteiger partial charge in [0.1, 0.15) is 0 Å². The first-order valence-electron chi connectivity index (χ1n) is 9.74. The van der Waals surface area contributed by atoms with Gasteiger partial charge in [0.05, 0.1) is 0 Å². The predicted octanol–water partition coefficient (Wildman–Crippen LogP) is 4.14. The number of rotatable bonds is 13. The van der Waals surface area contributed by atoms with Gasteiger partial charge < -0.3 is 21.7 Å². The molecule has 0 unspecified atom stereocenters. The fraction of sp³-hybridized carbons (Fsp3) is 0.842. The molecule has 0 spiro atoms. The van der Waals surface area contributed by atoms with Crippen molar-refractivity contribution in [2.45, 2.75) is 97.8 Å². The smallest absolute Gasteiger partial charge is 0.303 e. The quantitative estimate of drug-likeness (QED) is 0.217. The maximum absolute atomic E-state index is 10.2. The Morgan fingerprint density at radius 1 is 0.769 bits per heavy atom. The van der Waals surface area contributed by atoms with Crippen molar-refractivity contribution in [2.24, 2.45) is 16.5 Å². The number of aliphatic imine (C=N–C) groups is 1. The minimum Gasteiger partial charge on any atom is -0.481 e. The zero-order valence-corrected chi connectivity index (χ0v) is 17.0. The van der Waals surface area contributed by atoms with E-state index in [1.54, 1.807) is 0 Å². The molecule has 0 aromatic carbocycles. The average molecular weight is 376 g/mol. The lowest BCUT2D eigenvalue weighted by Gasteiger charge is -2.00. The van der Waals surface area contributed by atoms with Gasteiger partial charge in [-0.25, -0.2) is 0 Å². The summed E-state index contributed by atoms with van der Waals surface area (Å²) in [6.45, 7) is 6.17. The molecule has 156 valence electrons. The molecule has 0 aliphatic heterocycles. The lowest BCUT2D eigenvalue weighted by molar-refractivity contribution is -0.137. The van der Waals surface area contributed by atoms with Gasteiger partial charge in [-0.05, 0) is 12.8 Å². The van der Waals surface area contributed by atoms with Crippen LogP contribution < -0.4 is 11.5 Å². The minimum absolute atomic E-state index is 0.193. The van der Waals surface area contributed by atoms with Gasteiger partial charge in [-0.2, -0.15) is 0 Å². The number of hydrogen-bond acceptors (Lipinski definition) is 3. The van der Waals surface area contributed by atoms with Gasteiger partial charge in [0.25, 0.3) is 5.97 Å². The summed E-state index contributed by atoms with van der Waals surface area (Å²) in [6, 6.07) is 0. The fourth-order valence-electron chi connectivity index (χ4n) is 1.95. The first-order valence-corrected chi connectivity index (χ1v) is 9.74. The number of carboxylic acids is 2. The van der Waals surface area contributed by atoms with Crippen molar-refractivity contribution in [3.05, 3.63) is 0 Å². The number of carboxylic acid groups (broad SMARTS) is 2. The predicted molar refractivity (Wildman–Crippen MR) is 108 cm³/mol. The number of guanidine groups is 1. The monoisotopic (exact) mass is 375 g/mol. The molecule has 0 aliphatic carbocycles. The highest BCUT2D eigenvalue weighted by atomic mass is 16.4. The Bertz CT molecular complexity index is 340. The van der Waals surface area contributed by atoms with E-state index in [0.29, 0.717) is 6.42 Å². The topological polar surface area (TPSA) is 139 Å². The zero-order valence-electron chi connectivity index (χ0n) is 17.0. The van der Waals surface area contributed by atoms with Crippen LogP contribution in [0.3, 0.4) is 0 Å². The normalized spacial score (nSPS) is 9.19. The number of nitrogens with two attached hydrogens (primary N) is 2. The molecule has 26 heavy (non-hydrogen) atoms. The number of unbranched alkanes of at least 4 members (excludes halogenated alkanes) is 9. The van der Waals surface area contributed by atoms with Crippen LogP contribution in [-0.2, 0) is 9.59 Å². The molecule has 0 saturated heterocycles. The van der Waals surface area contributed by atoms with Crippen molar-refractivity contribution >= 4 is 17.9 Å². The van der Waals surface area contributed by atoms with Crippen LogP contribution in [0.15, 0.2) is 4.99 Å². The van der Waals surface area contributed by atoms with Gasteiger partial charge in [-0.15, -0.1) is 0 Å². The van der Waals surface area contributed by atoms with Gasteiger partial charge in [0.2, 0.25) is 0 Å². The maximum atomic E-state index is 10.2. The zero-order chi connectivity index (χ0) is 20.6. The summed E-state index contributed by atoms with van der Waals surface area (Å²) >= 11 is 0. The second kappa shape index (κ2) is 25.5. The first kappa shape index (κ1) is 29.0. The molecule has 0 radical (unpaired) electrons. The molecule has 7 nitrogen and oxygen atoms in total. The number of hydrogen-bond donors (Lipinski definition) is 4. The summed E-state index contributed by atoms with van der Waals surface area (Å²) < 4.78 is 0. The van der Waals surface area contributed by atoms with Crippen LogP contribution in [-0.4, -0.2) is 34.7 Å². The third-order valence-corrected chi connectivity index (χ3v) is 3.30. The van der Waals surface area contributed by atoms with Crippen molar-refractivity contribution in [1.29, 1.82) is 0 Å². The van der Waals surface area contributed by atoms with Gasteiger partial charge in [0.15, 0.2) is 5.96 Å². The Labute approximate surface area is 159 Å². The highest BCUT2D eigenvalue weighted by molar-refractivity contribution is 5.75. The maximum Gasteiger partial charge on any atom is 0.303 e. The van der Waals surface area contributed by atoms with E-state index in [0.717, 1.165) is 39.2 Å². The summed E-state index contributed by atoms with van der Waals surface area (Å²) in [7, 11) is 0. The van der Waals surface area contributed by atoms with E-state index in [9.17, 15) is 4.79 Å². The average Bonchev–Trinajstić information content (AvgIpc) is 2.53. The van der Waals surface area contributed by atoms with Crippen molar-refractivity contribution in [2.75, 3.05) is 6.54 Å². The molecular weight excluding hydrogens is 334 g/mol. The van der Waals surface area contributed by atoms with Gasteiger partial charge in [-0.1, -0.05) is 71.6 Å². The molecule has 0 aromatic heterocycles. The molecule has 0 amide bonds. The van der Waals surface area contributed by atoms with E-state index in [-0.39, 0.29) is 5.96 Å². The highest BCUT2D eigenvalue weighted by Crippen LogP contribution is 2.10. The third kappa shape index (κ3) is 49.5. The molecule has 0 heterocycles. The van der Waals surface area contributed by atoms with E-state index in [4.69, 9.17) is 26.5 Å². The fourth-order valence-corrected chi connectivity index (χ4v) is 1.95. The van der Waals surface area contributed by atoms with Crippen molar-refractivity contribution in [3.8, 4) is 0 Å². The molecule has 7 heteroatoms. The Hall–Kier alpha value is -1.79. The van der Waals surface area contributed by atoms with Crippen molar-refractivity contribution in [3.63, 3.8) is 0 Å². The summed E-state index contributed by atoms with van der Waals surface area (Å²) in [5.41, 5.74) is 10.1. The Balaban J connectivity index is -0.000000370. The molecule has 0 aromatic rings. The highest BCUT2D eigenvalue weighted by Gasteiger charge is 1.96. The minimum atomic E-state index is -0.833. The van der Waals surface area contributed by atoms with Crippen molar-refractivity contribution < 1.29 is 19.8 Å². The second-order valence-electron chi connectivity index (χ2n) is 6.15. The standard InChI is InChI=1S/C12H24O2.C5H13N3.C2H4O2/c1-2-3-4-5-6-7-8-9-10-11-12(13)14;1-2-3-4-8-5(6)7;1-2(3)4/h2-11H2,1H3,(H,13,14);2-4H2,1H3,(H4,6,7,8);1H3,(H,3,4). The Kier molecular flexibility index (Phi) is 28.4. The summed E-state index contributed by atoms with van der Waals surface area (Å²) in [5, 5.41) is 15.8. The molecule has 0 aliphatic rings. The molecule has 0 bridgehead atoms. The van der Waals surface area contributed by atoms with Gasteiger partial charge in [0, 0.05) is 19.9 Å². The van der Waals surface area contributed by atoms with Gasteiger partial charge in [-0.3, -0.25) is 14.6 Å². The lowest BCUT2D eigenvalue weighted by Crippen LogP contribution is -2.22. The van der Waals surface area contributed by atoms with E-state index in [1.165, 1.54) is 44.9 Å². The van der Waals surface area contributed by atoms with Crippen LogP contribution in [0, 0.1) is 0 Å². The molecular formula is C19H41N3O4. The van der Waals surface area contributed by atoms with E-state index in [2.05, 4.69) is 18.8 Å². The summed E-state index contributed by atoms with van der Waals surface area (Å²) in [5.74, 6) is -1.30. The van der Waals surface area contributed by atoms with Crippen LogP contribution in [0.1, 0.15) is 97.8 Å². The second-order valence-corrected chi connectivity index (χ2v) is 6.15. The van der Waals surface area contributed by atoms with E-state index < -0.39 is 11.9 Å². The van der Waals surface area contributed by atoms with Crippen LogP contribution in [0.5, 0.6) is 0 Å². The number of aliphatic carboxylic acids is 2. The van der Waals surface area contributed by atoms with E-state index in [1.807, 2.05) is 0 Å². The SMILES string of the molecule is CC(=O)O.CCCCCCCCCCCC(=O)O.CCCCN=C(N)N.